The first-order chi connectivity index (χ1) is 27.6. The number of benzene rings is 4. The van der Waals surface area contributed by atoms with Gasteiger partial charge in [-0.1, -0.05) is 12.1 Å². The molecule has 11 nitrogen and oxygen atoms in total. The Hall–Kier alpha value is -7.92. The number of hydrogen-bond acceptors (Lipinski definition) is 12. The van der Waals surface area contributed by atoms with E-state index in [1.165, 1.54) is 54.6 Å². The number of thiocarbonyl (C=S) groups is 1. The highest BCUT2D eigenvalue weighted by Gasteiger charge is 2.28. The lowest BCUT2D eigenvalue weighted by atomic mass is 9.98. The molecule has 4 aromatic carbocycles. The quantitative estimate of drug-likeness (QED) is 0.0868. The Morgan fingerprint density at radius 2 is 0.649 bits per heavy atom. The summed E-state index contributed by atoms with van der Waals surface area (Å²) < 4.78 is 0. The van der Waals surface area contributed by atoms with E-state index >= 15 is 0 Å². The number of aromatic hydroxyl groups is 6. The third-order valence-electron chi connectivity index (χ3n) is 9.51. The molecule has 9 rings (SSSR count). The summed E-state index contributed by atoms with van der Waals surface area (Å²) in [5, 5.41) is 66.0. The molecule has 0 aliphatic carbocycles. The van der Waals surface area contributed by atoms with Gasteiger partial charge in [0, 0.05) is 40.5 Å². The Morgan fingerprint density at radius 1 is 0.368 bits per heavy atom. The van der Waals surface area contributed by atoms with Gasteiger partial charge in [0.05, 0.1) is 56.5 Å². The number of nitrogens with zero attached hydrogens (tertiary/aromatic N) is 5. The molecular formula is C45H27N5O6S. The molecule has 0 unspecified atom stereocenters. The largest absolute Gasteiger partial charge is 0.508 e. The van der Waals surface area contributed by atoms with Crippen LogP contribution >= 0.6 is 12.2 Å². The van der Waals surface area contributed by atoms with Gasteiger partial charge in [0.15, 0.2) is 0 Å². The lowest BCUT2D eigenvalue weighted by Gasteiger charge is -2.13. The molecular weight excluding hydrogens is 739 g/mol. The van der Waals surface area contributed by atoms with Gasteiger partial charge in [-0.3, -0.25) is 0 Å². The van der Waals surface area contributed by atoms with Crippen molar-refractivity contribution in [3.63, 3.8) is 0 Å². The summed E-state index contributed by atoms with van der Waals surface area (Å²) in [5.41, 5.74) is 8.61. The number of phenols is 6. The second-order valence-electron chi connectivity index (χ2n) is 13.3. The second-order valence-corrected chi connectivity index (χ2v) is 13.5. The average molecular weight is 766 g/mol. The first-order valence-electron chi connectivity index (χ1n) is 17.4. The number of aliphatic imine (C=N–C) groups is 5. The third kappa shape index (κ3) is 6.53. The van der Waals surface area contributed by atoms with Gasteiger partial charge in [-0.15, -0.1) is 0 Å². The Bertz CT molecular complexity index is 2840. The minimum atomic E-state index is -0.177. The summed E-state index contributed by atoms with van der Waals surface area (Å²) in [4.78, 5) is 24.5. The number of fused-ring (bicyclic) bond motifs is 4. The highest BCUT2D eigenvalue weighted by molar-refractivity contribution is 7.78. The molecule has 274 valence electrons. The van der Waals surface area contributed by atoms with Crippen molar-refractivity contribution in [1.82, 2.24) is 0 Å². The summed E-state index contributed by atoms with van der Waals surface area (Å²) in [5.74, 6) is -0.999. The third-order valence-corrected chi connectivity index (χ3v) is 9.60. The molecule has 5 aliphatic rings. The van der Waals surface area contributed by atoms with Gasteiger partial charge >= 0.3 is 0 Å². The van der Waals surface area contributed by atoms with Crippen LogP contribution < -0.4 is 0 Å². The minimum Gasteiger partial charge on any atom is -0.508 e. The molecule has 0 amide bonds. The summed E-state index contributed by atoms with van der Waals surface area (Å²) >= 11 is 4.82. The predicted octanol–water partition coefficient (Wildman–Crippen LogP) is 8.66. The van der Waals surface area contributed by atoms with E-state index in [0.29, 0.717) is 90.3 Å². The van der Waals surface area contributed by atoms with Crippen molar-refractivity contribution in [2.45, 2.75) is 0 Å². The summed E-state index contributed by atoms with van der Waals surface area (Å²) in [6, 6.07) is 20.1. The van der Waals surface area contributed by atoms with E-state index in [2.05, 4.69) is 10.2 Å². The van der Waals surface area contributed by atoms with Crippen molar-refractivity contribution in [3.8, 4) is 34.5 Å². The van der Waals surface area contributed by atoms with Crippen LogP contribution in [0.3, 0.4) is 0 Å². The molecule has 0 radical (unpaired) electrons. The molecule has 0 saturated carbocycles. The molecule has 57 heavy (non-hydrogen) atoms. The first-order valence-corrected chi connectivity index (χ1v) is 17.9. The maximum Gasteiger partial charge on any atom is 0.119 e. The number of phenolic OH excluding ortho intramolecular Hbond substituents is 6. The average Bonchev–Trinajstić information content (AvgIpc) is 3.99. The van der Waals surface area contributed by atoms with Crippen LogP contribution in [0.5, 0.6) is 34.5 Å². The van der Waals surface area contributed by atoms with Crippen LogP contribution in [0.15, 0.2) is 175 Å². The van der Waals surface area contributed by atoms with Gasteiger partial charge in [0.2, 0.25) is 0 Å². The van der Waals surface area contributed by atoms with Crippen molar-refractivity contribution in [3.05, 3.63) is 173 Å². The molecule has 6 N–H and O–H groups in total. The summed E-state index contributed by atoms with van der Waals surface area (Å²) in [6.45, 7) is 0. The summed E-state index contributed by atoms with van der Waals surface area (Å²) in [6.07, 6.45) is 14.4. The maximum atomic E-state index is 10.6. The fourth-order valence-electron chi connectivity index (χ4n) is 7.24. The number of rotatable bonds is 5. The van der Waals surface area contributed by atoms with Crippen LogP contribution in [-0.4, -0.2) is 58.6 Å². The van der Waals surface area contributed by atoms with Crippen LogP contribution in [0.4, 0.5) is 5.69 Å². The zero-order valence-corrected chi connectivity index (χ0v) is 30.3. The van der Waals surface area contributed by atoms with Crippen LogP contribution in [0, 0.1) is 0 Å². The lowest BCUT2D eigenvalue weighted by molar-refractivity contribution is 0.449. The van der Waals surface area contributed by atoms with Gasteiger partial charge in [0.1, 0.15) is 34.5 Å². The molecule has 5 heterocycles. The van der Waals surface area contributed by atoms with E-state index in [9.17, 15) is 30.6 Å². The standard InChI is InChI=1S/C45H27N5O6S/c51-28-13-24(14-29(52)19-28)43-36-7-5-34(47-36)42(23-1-3-27(4-2-23)46-22-57)35-6-8-37(48-35)44(25-15-30(53)20-31(54)16-25)39-10-12-41(50-39)45(40-11-9-38(43)49-40)26-17-32(55)21-33(56)18-26/h1-21,51-56H. The maximum absolute atomic E-state index is 10.6. The van der Waals surface area contributed by atoms with Crippen molar-refractivity contribution in [2.75, 3.05) is 0 Å². The van der Waals surface area contributed by atoms with Gasteiger partial charge in [-0.2, -0.15) is 4.99 Å². The predicted molar refractivity (Wildman–Crippen MR) is 224 cm³/mol. The topological polar surface area (TPSA) is 183 Å². The Morgan fingerprint density at radius 3 is 0.930 bits per heavy atom. The van der Waals surface area contributed by atoms with Gasteiger partial charge in [0.25, 0.3) is 0 Å². The smallest absolute Gasteiger partial charge is 0.119 e. The Balaban J connectivity index is 1.38. The van der Waals surface area contributed by atoms with E-state index < -0.39 is 0 Å². The van der Waals surface area contributed by atoms with E-state index in [4.69, 9.17) is 32.2 Å². The number of isothiocyanates is 1. The SMILES string of the molecule is Oc1cc(O)cc(C2=C3C=CC(=N3)C(c3cc(O)cc(O)c3)=C3C=CC(=N3)C(c3cc(O)cc(O)c3)=C3C=CC(=N3)C(c3ccc(N=C=S)cc3)=C3C=CC2=N3)c1. The Labute approximate surface area is 329 Å². The van der Waals surface area contributed by atoms with Crippen molar-refractivity contribution in [1.29, 1.82) is 0 Å². The van der Waals surface area contributed by atoms with E-state index in [-0.39, 0.29) is 34.5 Å². The van der Waals surface area contributed by atoms with Gasteiger partial charge in [-0.05, 0) is 132 Å². The lowest BCUT2D eigenvalue weighted by Crippen LogP contribution is -2.03. The van der Waals surface area contributed by atoms with E-state index in [1.54, 1.807) is 36.4 Å². The van der Waals surface area contributed by atoms with E-state index in [1.807, 2.05) is 36.4 Å². The molecule has 0 atom stereocenters. The number of hydrogen-bond donors (Lipinski definition) is 6. The zero-order valence-electron chi connectivity index (χ0n) is 29.5. The second kappa shape index (κ2) is 13.7. The highest BCUT2D eigenvalue weighted by atomic mass is 32.1. The van der Waals surface area contributed by atoms with Gasteiger partial charge < -0.3 is 30.6 Å². The highest BCUT2D eigenvalue weighted by Crippen LogP contribution is 2.41. The monoisotopic (exact) mass is 765 g/mol. The normalized spacial score (nSPS) is 16.7. The molecule has 8 bridgehead atoms. The fraction of sp³-hybridized carbons (Fsp3) is 0. The fourth-order valence-corrected chi connectivity index (χ4v) is 7.35. The molecule has 4 aromatic rings. The van der Waals surface area contributed by atoms with Crippen LogP contribution in [0.1, 0.15) is 22.3 Å². The van der Waals surface area contributed by atoms with Gasteiger partial charge in [-0.25, -0.2) is 20.0 Å². The molecule has 0 saturated heterocycles. The number of allylic oxidation sites excluding steroid dienone is 12. The molecule has 0 aromatic heterocycles. The van der Waals surface area contributed by atoms with Crippen molar-refractivity contribution in [2.24, 2.45) is 25.0 Å². The molecule has 0 spiro atoms. The van der Waals surface area contributed by atoms with Crippen LogP contribution in [-0.2, 0) is 0 Å². The minimum absolute atomic E-state index is 0.161. The molecule has 0 fully saturated rings. The first kappa shape index (κ1) is 34.8. The van der Waals surface area contributed by atoms with Crippen LogP contribution in [0.2, 0.25) is 0 Å². The Kier molecular flexibility index (Phi) is 8.39. The molecule has 12 heteroatoms. The summed E-state index contributed by atoms with van der Waals surface area (Å²) in [7, 11) is 0. The van der Waals surface area contributed by atoms with Crippen molar-refractivity contribution < 1.29 is 30.6 Å². The van der Waals surface area contributed by atoms with Crippen LogP contribution in [0.25, 0.3) is 22.3 Å². The molecule has 5 aliphatic heterocycles. The van der Waals surface area contributed by atoms with Crippen molar-refractivity contribution >= 4 is 68.2 Å². The zero-order chi connectivity index (χ0) is 39.4. The van der Waals surface area contributed by atoms with E-state index in [0.717, 1.165) is 5.56 Å².